The monoisotopic (exact) mass is 486 g/mol. The molecule has 0 bridgehead atoms. The van der Waals surface area contributed by atoms with Gasteiger partial charge in [-0.15, -0.1) is 0 Å². The van der Waals surface area contributed by atoms with Gasteiger partial charge >= 0.3 is 0 Å². The van der Waals surface area contributed by atoms with Crippen molar-refractivity contribution in [1.29, 1.82) is 0 Å². The van der Waals surface area contributed by atoms with Gasteiger partial charge in [-0.1, -0.05) is 18.5 Å². The second-order valence-electron chi connectivity index (χ2n) is 8.30. The summed E-state index contributed by atoms with van der Waals surface area (Å²) in [6.07, 6.45) is 4.52. The lowest BCUT2D eigenvalue weighted by Gasteiger charge is -2.40. The van der Waals surface area contributed by atoms with Crippen LogP contribution in [0, 0.1) is 17.6 Å². The summed E-state index contributed by atoms with van der Waals surface area (Å²) in [7, 11) is 0. The molecule has 1 saturated heterocycles. The fourth-order valence-electron chi connectivity index (χ4n) is 4.35. The van der Waals surface area contributed by atoms with Crippen molar-refractivity contribution in [2.75, 3.05) is 18.4 Å². The van der Waals surface area contributed by atoms with Crippen LogP contribution in [0.1, 0.15) is 30.1 Å². The maximum atomic E-state index is 14.2. The number of fused-ring (bicyclic) bond motifs is 1. The van der Waals surface area contributed by atoms with Crippen molar-refractivity contribution in [3.8, 4) is 5.69 Å². The SMILES string of the molecule is CC1CCCN(C(=O)c2cc(F)c(F)cc2-n2nccn2)C1CNc1nc2cc(Cl)ccc2o1. The van der Waals surface area contributed by atoms with Crippen LogP contribution >= 0.6 is 11.6 Å². The standard InChI is InChI=1S/C23H21ClF2N6O2/c1-13-3-2-8-31(20(13)12-27-23-30-18-9-14(24)4-5-21(18)34-23)22(33)15-10-16(25)17(26)11-19(15)32-28-6-7-29-32/h4-7,9-11,13,20H,2-3,8,12H2,1H3,(H,27,30). The van der Waals surface area contributed by atoms with Gasteiger partial charge in [-0.3, -0.25) is 4.79 Å². The average Bonchev–Trinajstić information content (AvgIpc) is 3.49. The Balaban J connectivity index is 1.42. The van der Waals surface area contributed by atoms with E-state index in [-0.39, 0.29) is 23.2 Å². The molecular weight excluding hydrogens is 466 g/mol. The van der Waals surface area contributed by atoms with Gasteiger partial charge in [-0.05, 0) is 43.0 Å². The minimum atomic E-state index is -1.11. The Hall–Kier alpha value is -3.53. The van der Waals surface area contributed by atoms with E-state index in [1.807, 2.05) is 0 Å². The Morgan fingerprint density at radius 1 is 1.21 bits per heavy atom. The maximum absolute atomic E-state index is 14.2. The Morgan fingerprint density at radius 2 is 1.97 bits per heavy atom. The van der Waals surface area contributed by atoms with Crippen molar-refractivity contribution in [3.63, 3.8) is 0 Å². The highest BCUT2D eigenvalue weighted by molar-refractivity contribution is 6.31. The molecule has 1 N–H and O–H groups in total. The number of carbonyl (C=O) groups is 1. The molecule has 0 radical (unpaired) electrons. The van der Waals surface area contributed by atoms with Gasteiger partial charge in [0.2, 0.25) is 0 Å². The smallest absolute Gasteiger partial charge is 0.295 e. The summed E-state index contributed by atoms with van der Waals surface area (Å²) in [6, 6.07) is 7.10. The number of carbonyl (C=O) groups excluding carboxylic acids is 1. The quantitative estimate of drug-likeness (QED) is 0.440. The predicted molar refractivity (Wildman–Crippen MR) is 122 cm³/mol. The minimum absolute atomic E-state index is 0.00861. The van der Waals surface area contributed by atoms with E-state index in [0.29, 0.717) is 35.2 Å². The highest BCUT2D eigenvalue weighted by atomic mass is 35.5. The summed E-state index contributed by atoms with van der Waals surface area (Å²) in [4.78, 5) is 20.8. The second-order valence-corrected chi connectivity index (χ2v) is 8.74. The van der Waals surface area contributed by atoms with Crippen molar-refractivity contribution in [2.45, 2.75) is 25.8 Å². The van der Waals surface area contributed by atoms with E-state index < -0.39 is 17.5 Å². The summed E-state index contributed by atoms with van der Waals surface area (Å²) in [5, 5.41) is 11.7. The Morgan fingerprint density at radius 3 is 2.76 bits per heavy atom. The number of aromatic nitrogens is 4. The molecule has 1 amide bonds. The van der Waals surface area contributed by atoms with E-state index in [9.17, 15) is 13.6 Å². The van der Waals surface area contributed by atoms with Gasteiger partial charge in [0.05, 0.1) is 24.0 Å². The molecule has 2 aromatic heterocycles. The number of likely N-dealkylation sites (tertiary alicyclic amines) is 1. The third kappa shape index (κ3) is 4.21. The molecule has 0 aliphatic carbocycles. The van der Waals surface area contributed by atoms with Crippen LogP contribution < -0.4 is 5.32 Å². The van der Waals surface area contributed by atoms with E-state index in [4.69, 9.17) is 16.0 Å². The summed E-state index contributed by atoms with van der Waals surface area (Å²) in [6.45, 7) is 2.90. The maximum Gasteiger partial charge on any atom is 0.295 e. The molecule has 2 atom stereocenters. The number of hydrogen-bond acceptors (Lipinski definition) is 6. The fraction of sp³-hybridized carbons (Fsp3) is 0.304. The van der Waals surface area contributed by atoms with E-state index in [2.05, 4.69) is 27.4 Å². The molecule has 5 rings (SSSR count). The van der Waals surface area contributed by atoms with E-state index in [0.717, 1.165) is 29.8 Å². The molecule has 4 aromatic rings. The number of anilines is 1. The molecule has 34 heavy (non-hydrogen) atoms. The molecule has 1 aliphatic rings. The molecule has 1 aliphatic heterocycles. The van der Waals surface area contributed by atoms with Gasteiger partial charge < -0.3 is 14.6 Å². The van der Waals surface area contributed by atoms with E-state index >= 15 is 0 Å². The summed E-state index contributed by atoms with van der Waals surface area (Å²) < 4.78 is 33.9. The van der Waals surface area contributed by atoms with Crippen LogP contribution in [0.15, 0.2) is 47.1 Å². The molecule has 2 unspecified atom stereocenters. The number of nitrogens with one attached hydrogen (secondary N) is 1. The van der Waals surface area contributed by atoms with Crippen LogP contribution in [0.4, 0.5) is 14.8 Å². The van der Waals surface area contributed by atoms with Crippen LogP contribution in [0.25, 0.3) is 16.8 Å². The second kappa shape index (κ2) is 9.02. The van der Waals surface area contributed by atoms with Gasteiger partial charge in [0.15, 0.2) is 17.2 Å². The van der Waals surface area contributed by atoms with E-state index in [1.165, 1.54) is 12.4 Å². The first kappa shape index (κ1) is 22.3. The van der Waals surface area contributed by atoms with Crippen molar-refractivity contribution in [1.82, 2.24) is 24.9 Å². The highest BCUT2D eigenvalue weighted by Crippen LogP contribution is 2.29. The molecule has 176 valence electrons. The Bertz CT molecular complexity index is 1340. The van der Waals surface area contributed by atoms with Crippen molar-refractivity contribution >= 4 is 34.6 Å². The molecule has 0 spiro atoms. The highest BCUT2D eigenvalue weighted by Gasteiger charge is 2.34. The topological polar surface area (TPSA) is 89.1 Å². The Labute approximate surface area is 198 Å². The summed E-state index contributed by atoms with van der Waals surface area (Å²) in [5.41, 5.74) is 1.29. The first-order valence-electron chi connectivity index (χ1n) is 10.9. The zero-order chi connectivity index (χ0) is 23.8. The summed E-state index contributed by atoms with van der Waals surface area (Å²) in [5.74, 6) is -2.45. The number of oxazole rings is 1. The zero-order valence-electron chi connectivity index (χ0n) is 18.2. The molecule has 1 fully saturated rings. The number of amides is 1. The van der Waals surface area contributed by atoms with Crippen molar-refractivity contribution < 1.29 is 18.0 Å². The number of benzene rings is 2. The van der Waals surface area contributed by atoms with Gasteiger partial charge in [-0.2, -0.15) is 20.0 Å². The lowest BCUT2D eigenvalue weighted by atomic mass is 9.90. The van der Waals surface area contributed by atoms with Crippen LogP contribution in [-0.4, -0.2) is 49.9 Å². The third-order valence-corrected chi connectivity index (χ3v) is 6.33. The summed E-state index contributed by atoms with van der Waals surface area (Å²) >= 11 is 6.02. The third-order valence-electron chi connectivity index (χ3n) is 6.09. The first-order chi connectivity index (χ1) is 16.4. The van der Waals surface area contributed by atoms with E-state index in [1.54, 1.807) is 23.1 Å². The number of piperidine rings is 1. The van der Waals surface area contributed by atoms with Crippen LogP contribution in [0.5, 0.6) is 0 Å². The molecule has 8 nitrogen and oxygen atoms in total. The normalized spacial score (nSPS) is 18.4. The minimum Gasteiger partial charge on any atom is -0.424 e. The van der Waals surface area contributed by atoms with Gasteiger partial charge in [0, 0.05) is 24.2 Å². The number of halogens is 3. The van der Waals surface area contributed by atoms with Crippen molar-refractivity contribution in [3.05, 3.63) is 64.9 Å². The van der Waals surface area contributed by atoms with Gasteiger partial charge in [0.25, 0.3) is 11.9 Å². The number of rotatable bonds is 5. The predicted octanol–water partition coefficient (Wildman–Crippen LogP) is 4.69. The number of hydrogen-bond donors (Lipinski definition) is 1. The van der Waals surface area contributed by atoms with Crippen LogP contribution in [0.3, 0.4) is 0 Å². The molecule has 11 heteroatoms. The molecule has 0 saturated carbocycles. The Kier molecular flexibility index (Phi) is 5.91. The van der Waals surface area contributed by atoms with Gasteiger partial charge in [0.1, 0.15) is 11.2 Å². The van der Waals surface area contributed by atoms with Crippen molar-refractivity contribution in [2.24, 2.45) is 5.92 Å². The lowest BCUT2D eigenvalue weighted by molar-refractivity contribution is 0.0538. The fourth-order valence-corrected chi connectivity index (χ4v) is 4.51. The van der Waals surface area contributed by atoms with Crippen LogP contribution in [-0.2, 0) is 0 Å². The largest absolute Gasteiger partial charge is 0.424 e. The van der Waals surface area contributed by atoms with Crippen LogP contribution in [0.2, 0.25) is 5.02 Å². The lowest BCUT2D eigenvalue weighted by Crippen LogP contribution is -2.51. The zero-order valence-corrected chi connectivity index (χ0v) is 19.0. The first-order valence-corrected chi connectivity index (χ1v) is 11.2. The number of nitrogens with zero attached hydrogens (tertiary/aromatic N) is 5. The molecular formula is C23H21ClF2N6O2. The molecule has 2 aromatic carbocycles. The van der Waals surface area contributed by atoms with Gasteiger partial charge in [-0.25, -0.2) is 8.78 Å². The average molecular weight is 487 g/mol. The molecule has 3 heterocycles.